The highest BCUT2D eigenvalue weighted by Crippen LogP contribution is 2.19. The van der Waals surface area contributed by atoms with E-state index in [4.69, 9.17) is 5.41 Å². The number of rotatable bonds is 5. The van der Waals surface area contributed by atoms with E-state index in [0.29, 0.717) is 24.3 Å². The summed E-state index contributed by atoms with van der Waals surface area (Å²) in [7, 11) is 0. The molecule has 1 aliphatic rings. The predicted octanol–water partition coefficient (Wildman–Crippen LogP) is 4.49. The first-order chi connectivity index (χ1) is 14.1. The summed E-state index contributed by atoms with van der Waals surface area (Å²) >= 11 is 0. The van der Waals surface area contributed by atoms with Gasteiger partial charge in [-0.2, -0.15) is 0 Å². The van der Waals surface area contributed by atoms with Crippen molar-refractivity contribution >= 4 is 11.4 Å². The van der Waals surface area contributed by atoms with Crippen LogP contribution in [-0.2, 0) is 6.54 Å². The zero-order chi connectivity index (χ0) is 20.2. The number of nitrogens with one attached hydrogen (secondary N) is 1. The lowest BCUT2D eigenvalue weighted by atomic mass is 10.1. The lowest BCUT2D eigenvalue weighted by Gasteiger charge is -2.04. The molecular weight excluding hydrogens is 360 g/mol. The molecule has 0 saturated carbocycles. The first kappa shape index (κ1) is 18.6. The summed E-state index contributed by atoms with van der Waals surface area (Å²) in [6.07, 6.45) is 13.9. The van der Waals surface area contributed by atoms with Gasteiger partial charge in [-0.3, -0.25) is 0 Å². The van der Waals surface area contributed by atoms with Crippen molar-refractivity contribution in [3.8, 4) is 11.3 Å². The lowest BCUT2D eigenvalue weighted by Crippen LogP contribution is -2.21. The third-order valence-electron chi connectivity index (χ3n) is 4.83. The number of nitrogens with zero attached hydrogens (tertiary/aromatic N) is 3. The molecule has 2 heterocycles. The molecule has 0 spiro atoms. The van der Waals surface area contributed by atoms with Crippen LogP contribution in [0.2, 0.25) is 0 Å². The van der Waals surface area contributed by atoms with E-state index in [1.165, 1.54) is 10.2 Å². The second kappa shape index (κ2) is 8.10. The number of fused-ring (bicyclic) bond motifs is 1. The Morgan fingerprint density at radius 3 is 2.66 bits per heavy atom. The summed E-state index contributed by atoms with van der Waals surface area (Å²) in [5, 5.41) is 12.3. The SMILES string of the molecule is Cc1ccc(-c2cccc3nn(CCC=CC=C4C=CC=CC4=N)c(=O)n23)cc1. The van der Waals surface area contributed by atoms with Gasteiger partial charge in [0, 0.05) is 6.54 Å². The molecular formula is C24H22N4O. The van der Waals surface area contributed by atoms with Gasteiger partial charge >= 0.3 is 5.69 Å². The van der Waals surface area contributed by atoms with Gasteiger partial charge in [0.2, 0.25) is 0 Å². The molecule has 0 fully saturated rings. The molecule has 0 bridgehead atoms. The Balaban J connectivity index is 1.54. The van der Waals surface area contributed by atoms with E-state index < -0.39 is 0 Å². The average Bonchev–Trinajstić information content (AvgIpc) is 3.05. The van der Waals surface area contributed by atoms with Crippen LogP contribution in [-0.4, -0.2) is 19.9 Å². The zero-order valence-corrected chi connectivity index (χ0v) is 16.2. The molecule has 0 saturated heterocycles. The fourth-order valence-corrected chi connectivity index (χ4v) is 3.26. The number of aromatic nitrogens is 3. The summed E-state index contributed by atoms with van der Waals surface area (Å²) in [6, 6.07) is 13.9. The molecule has 1 N–H and O–H groups in total. The third-order valence-corrected chi connectivity index (χ3v) is 4.83. The lowest BCUT2D eigenvalue weighted by molar-refractivity contribution is 0.601. The number of aryl methyl sites for hydroxylation is 2. The summed E-state index contributed by atoms with van der Waals surface area (Å²) < 4.78 is 3.17. The maximum absolute atomic E-state index is 12.9. The summed E-state index contributed by atoms with van der Waals surface area (Å²) in [4.78, 5) is 12.9. The van der Waals surface area contributed by atoms with Gasteiger partial charge in [-0.1, -0.05) is 72.4 Å². The van der Waals surface area contributed by atoms with E-state index in [-0.39, 0.29) is 5.69 Å². The van der Waals surface area contributed by atoms with Crippen LogP contribution in [0.25, 0.3) is 16.9 Å². The van der Waals surface area contributed by atoms with Gasteiger partial charge in [0.15, 0.2) is 5.65 Å². The number of hydrogen-bond acceptors (Lipinski definition) is 3. The highest BCUT2D eigenvalue weighted by Gasteiger charge is 2.11. The smallest absolute Gasteiger partial charge is 0.300 e. The van der Waals surface area contributed by atoms with Crippen LogP contribution in [0, 0.1) is 12.3 Å². The first-order valence-electron chi connectivity index (χ1n) is 9.59. The van der Waals surface area contributed by atoms with Crippen LogP contribution < -0.4 is 5.69 Å². The van der Waals surface area contributed by atoms with Gasteiger partial charge in [-0.05, 0) is 42.7 Å². The van der Waals surface area contributed by atoms with Crippen molar-refractivity contribution < 1.29 is 0 Å². The Kier molecular flexibility index (Phi) is 5.20. The van der Waals surface area contributed by atoms with Crippen molar-refractivity contribution in [3.05, 3.63) is 107 Å². The Morgan fingerprint density at radius 1 is 1.07 bits per heavy atom. The molecule has 1 aliphatic carbocycles. The van der Waals surface area contributed by atoms with Crippen LogP contribution in [0.3, 0.4) is 0 Å². The van der Waals surface area contributed by atoms with E-state index in [0.717, 1.165) is 16.8 Å². The summed E-state index contributed by atoms with van der Waals surface area (Å²) in [6.45, 7) is 2.54. The molecule has 0 unspecified atom stereocenters. The Morgan fingerprint density at radius 2 is 1.86 bits per heavy atom. The Hall–Kier alpha value is -3.73. The monoisotopic (exact) mass is 382 g/mol. The molecule has 5 heteroatoms. The van der Waals surface area contributed by atoms with Crippen molar-refractivity contribution in [3.63, 3.8) is 0 Å². The van der Waals surface area contributed by atoms with E-state index in [2.05, 4.69) is 5.10 Å². The molecule has 29 heavy (non-hydrogen) atoms. The highest BCUT2D eigenvalue weighted by atomic mass is 16.2. The van der Waals surface area contributed by atoms with Crippen molar-refractivity contribution in [2.75, 3.05) is 0 Å². The van der Waals surface area contributed by atoms with E-state index in [1.54, 1.807) is 10.5 Å². The Labute approximate surface area is 169 Å². The van der Waals surface area contributed by atoms with Crippen molar-refractivity contribution in [1.29, 1.82) is 5.41 Å². The molecule has 3 aromatic rings. The first-order valence-corrected chi connectivity index (χ1v) is 9.59. The highest BCUT2D eigenvalue weighted by molar-refractivity contribution is 6.09. The van der Waals surface area contributed by atoms with Gasteiger partial charge in [0.25, 0.3) is 0 Å². The normalized spacial score (nSPS) is 15.2. The van der Waals surface area contributed by atoms with Gasteiger partial charge in [-0.15, -0.1) is 5.10 Å². The molecule has 5 nitrogen and oxygen atoms in total. The van der Waals surface area contributed by atoms with E-state index >= 15 is 0 Å². The molecule has 0 aliphatic heterocycles. The van der Waals surface area contributed by atoms with Crippen molar-refractivity contribution in [1.82, 2.24) is 14.2 Å². The predicted molar refractivity (Wildman–Crippen MR) is 117 cm³/mol. The quantitative estimate of drug-likeness (QED) is 0.707. The van der Waals surface area contributed by atoms with Crippen LogP contribution >= 0.6 is 0 Å². The van der Waals surface area contributed by atoms with Gasteiger partial charge in [0.1, 0.15) is 0 Å². The standard InChI is InChI=1S/C24H22N4O/c1-18-13-15-20(16-14-18)22-11-7-12-23-26-27(24(29)28(22)23)17-6-2-3-8-19-9-4-5-10-21(19)25/h2-5,7-16,25H,6,17H2,1H3. The minimum Gasteiger partial charge on any atom is -0.300 e. The van der Waals surface area contributed by atoms with Gasteiger partial charge in [0.05, 0.1) is 11.4 Å². The molecule has 4 rings (SSSR count). The van der Waals surface area contributed by atoms with E-state index in [9.17, 15) is 4.79 Å². The summed E-state index contributed by atoms with van der Waals surface area (Å²) in [5.41, 5.74) is 4.90. The largest absolute Gasteiger partial charge is 0.350 e. The fraction of sp³-hybridized carbons (Fsp3) is 0.125. The second-order valence-corrected chi connectivity index (χ2v) is 6.95. The zero-order valence-electron chi connectivity index (χ0n) is 16.2. The van der Waals surface area contributed by atoms with Crippen LogP contribution in [0.1, 0.15) is 12.0 Å². The van der Waals surface area contributed by atoms with Crippen molar-refractivity contribution in [2.45, 2.75) is 19.9 Å². The molecule has 0 radical (unpaired) electrons. The summed E-state index contributed by atoms with van der Waals surface area (Å²) in [5.74, 6) is 0. The van der Waals surface area contributed by atoms with Crippen LogP contribution in [0.5, 0.6) is 0 Å². The average molecular weight is 382 g/mol. The minimum atomic E-state index is -0.134. The molecule has 2 aromatic heterocycles. The third kappa shape index (κ3) is 3.94. The van der Waals surface area contributed by atoms with Crippen LogP contribution in [0.15, 0.2) is 95.4 Å². The van der Waals surface area contributed by atoms with E-state index in [1.807, 2.05) is 85.8 Å². The number of hydrogen-bond donors (Lipinski definition) is 1. The molecule has 0 amide bonds. The minimum absolute atomic E-state index is 0.134. The number of benzene rings is 1. The van der Waals surface area contributed by atoms with Crippen molar-refractivity contribution in [2.24, 2.45) is 0 Å². The fourth-order valence-electron chi connectivity index (χ4n) is 3.26. The Bertz CT molecular complexity index is 1230. The number of pyridine rings is 1. The maximum atomic E-state index is 12.9. The molecule has 144 valence electrons. The van der Waals surface area contributed by atoms with Gasteiger partial charge in [-0.25, -0.2) is 13.9 Å². The van der Waals surface area contributed by atoms with Gasteiger partial charge < -0.3 is 5.41 Å². The number of allylic oxidation sites excluding steroid dienone is 8. The maximum Gasteiger partial charge on any atom is 0.350 e. The van der Waals surface area contributed by atoms with Crippen LogP contribution in [0.4, 0.5) is 0 Å². The molecule has 1 aromatic carbocycles. The second-order valence-electron chi connectivity index (χ2n) is 6.95. The topological polar surface area (TPSA) is 63.2 Å². The molecule has 0 atom stereocenters.